The Morgan fingerprint density at radius 2 is 2.00 bits per heavy atom. The van der Waals surface area contributed by atoms with E-state index >= 15 is 0 Å². The molecule has 0 radical (unpaired) electrons. The van der Waals surface area contributed by atoms with Crippen LogP contribution >= 0.6 is 15.9 Å². The Bertz CT molecular complexity index is 676. The van der Waals surface area contributed by atoms with Crippen molar-refractivity contribution in [3.63, 3.8) is 0 Å². The van der Waals surface area contributed by atoms with Crippen LogP contribution in [0.2, 0.25) is 0 Å². The number of nitrogens with one attached hydrogen (secondary N) is 1. The minimum Gasteiger partial charge on any atom is -0.486 e. The minimum atomic E-state index is -0.253. The summed E-state index contributed by atoms with van der Waals surface area (Å²) in [5.74, 6) is 1.20. The number of aryl methyl sites for hydroxylation is 1. The quantitative estimate of drug-likeness (QED) is 0.895. The van der Waals surface area contributed by atoms with Crippen molar-refractivity contribution in [2.45, 2.75) is 13.5 Å². The summed E-state index contributed by atoms with van der Waals surface area (Å²) in [6, 6.07) is 8.88. The molecular weight excluding hydrogens is 337 g/mol. The molecule has 0 saturated carbocycles. The first-order chi connectivity index (χ1) is 10.1. The second-order valence-electron chi connectivity index (χ2n) is 4.94. The summed E-state index contributed by atoms with van der Waals surface area (Å²) in [5, 5.41) is 3.11. The summed E-state index contributed by atoms with van der Waals surface area (Å²) in [6.07, 6.45) is 0. The largest absolute Gasteiger partial charge is 0.486 e. The molecule has 1 heterocycles. The van der Waals surface area contributed by atoms with Gasteiger partial charge in [-0.2, -0.15) is 0 Å². The fraction of sp³-hybridized carbons (Fsp3) is 0.250. The molecule has 3 nitrogen and oxygen atoms in total. The Kier molecular flexibility index (Phi) is 4.01. The number of hydrogen-bond acceptors (Lipinski definition) is 3. The Balaban J connectivity index is 1.79. The highest BCUT2D eigenvalue weighted by Gasteiger charge is 2.16. The van der Waals surface area contributed by atoms with Gasteiger partial charge in [0.15, 0.2) is 11.5 Å². The van der Waals surface area contributed by atoms with Gasteiger partial charge in [-0.25, -0.2) is 4.39 Å². The number of benzene rings is 2. The van der Waals surface area contributed by atoms with Gasteiger partial charge in [0.1, 0.15) is 19.0 Å². The first-order valence-electron chi connectivity index (χ1n) is 6.71. The zero-order valence-corrected chi connectivity index (χ0v) is 13.2. The van der Waals surface area contributed by atoms with Crippen LogP contribution in [0.1, 0.15) is 11.1 Å². The molecule has 5 heteroatoms. The topological polar surface area (TPSA) is 30.5 Å². The Morgan fingerprint density at radius 3 is 2.86 bits per heavy atom. The third-order valence-corrected chi connectivity index (χ3v) is 3.85. The zero-order chi connectivity index (χ0) is 14.8. The normalized spacial score (nSPS) is 13.1. The summed E-state index contributed by atoms with van der Waals surface area (Å²) in [7, 11) is 0. The van der Waals surface area contributed by atoms with Gasteiger partial charge in [0.25, 0.3) is 0 Å². The van der Waals surface area contributed by atoms with E-state index in [9.17, 15) is 4.39 Å². The highest BCUT2D eigenvalue weighted by atomic mass is 79.9. The van der Waals surface area contributed by atoms with Crippen molar-refractivity contribution in [1.82, 2.24) is 0 Å². The van der Waals surface area contributed by atoms with Gasteiger partial charge in [0.2, 0.25) is 0 Å². The van der Waals surface area contributed by atoms with E-state index < -0.39 is 0 Å². The predicted molar refractivity (Wildman–Crippen MR) is 83.6 cm³/mol. The lowest BCUT2D eigenvalue weighted by Gasteiger charge is -2.20. The third kappa shape index (κ3) is 3.13. The highest BCUT2D eigenvalue weighted by molar-refractivity contribution is 9.10. The molecule has 2 aromatic carbocycles. The van der Waals surface area contributed by atoms with Crippen LogP contribution < -0.4 is 14.8 Å². The summed E-state index contributed by atoms with van der Waals surface area (Å²) in [5.41, 5.74) is 2.51. The van der Waals surface area contributed by atoms with Gasteiger partial charge >= 0.3 is 0 Å². The maximum absolute atomic E-state index is 13.7. The number of rotatable bonds is 3. The van der Waals surface area contributed by atoms with Crippen molar-refractivity contribution in [3.8, 4) is 11.5 Å². The molecule has 0 atom stereocenters. The molecule has 1 N–H and O–H groups in total. The van der Waals surface area contributed by atoms with Crippen LogP contribution in [-0.2, 0) is 6.54 Å². The lowest BCUT2D eigenvalue weighted by Crippen LogP contribution is -2.16. The van der Waals surface area contributed by atoms with Crippen molar-refractivity contribution in [1.29, 1.82) is 0 Å². The molecule has 3 rings (SSSR count). The van der Waals surface area contributed by atoms with Gasteiger partial charge in [-0.3, -0.25) is 0 Å². The smallest absolute Gasteiger partial charge is 0.175 e. The molecule has 0 unspecified atom stereocenters. The molecule has 1 aliphatic heterocycles. The fourth-order valence-corrected chi connectivity index (χ4v) is 2.84. The van der Waals surface area contributed by atoms with Crippen LogP contribution in [0.3, 0.4) is 0 Å². The van der Waals surface area contributed by atoms with Crippen molar-refractivity contribution in [3.05, 3.63) is 51.7 Å². The number of ether oxygens (including phenoxy) is 2. The third-order valence-electron chi connectivity index (χ3n) is 3.26. The van der Waals surface area contributed by atoms with Gasteiger partial charge < -0.3 is 14.8 Å². The van der Waals surface area contributed by atoms with E-state index in [2.05, 4.69) is 21.2 Å². The van der Waals surface area contributed by atoms with Crippen LogP contribution in [0.4, 0.5) is 10.1 Å². The van der Waals surface area contributed by atoms with E-state index in [-0.39, 0.29) is 5.82 Å². The Hall–Kier alpha value is -1.75. The molecule has 1 aliphatic rings. The molecule has 0 fully saturated rings. The van der Waals surface area contributed by atoms with Crippen molar-refractivity contribution < 1.29 is 13.9 Å². The molecule has 110 valence electrons. The van der Waals surface area contributed by atoms with Crippen LogP contribution in [-0.4, -0.2) is 13.2 Å². The second kappa shape index (κ2) is 5.93. The van der Waals surface area contributed by atoms with Gasteiger partial charge in [-0.15, -0.1) is 0 Å². The van der Waals surface area contributed by atoms with Gasteiger partial charge in [-0.1, -0.05) is 6.07 Å². The molecule has 0 aromatic heterocycles. The Labute approximate surface area is 131 Å². The van der Waals surface area contributed by atoms with E-state index in [0.29, 0.717) is 25.4 Å². The molecule has 0 bridgehead atoms. The number of anilines is 1. The Morgan fingerprint density at radius 1 is 1.19 bits per heavy atom. The SMILES string of the molecule is Cc1ccc(F)c(NCc2cc(Br)c3c(c2)OCCO3)c1. The summed E-state index contributed by atoms with van der Waals surface area (Å²) in [6.45, 7) is 3.54. The first kappa shape index (κ1) is 14.2. The summed E-state index contributed by atoms with van der Waals surface area (Å²) in [4.78, 5) is 0. The van der Waals surface area contributed by atoms with Crippen molar-refractivity contribution in [2.75, 3.05) is 18.5 Å². The lowest BCUT2D eigenvalue weighted by molar-refractivity contribution is 0.170. The van der Waals surface area contributed by atoms with Crippen LogP contribution in [0, 0.1) is 12.7 Å². The summed E-state index contributed by atoms with van der Waals surface area (Å²) < 4.78 is 25.7. The molecule has 0 aliphatic carbocycles. The predicted octanol–water partition coefficient (Wildman–Crippen LogP) is 4.28. The van der Waals surface area contributed by atoms with Crippen molar-refractivity contribution in [2.24, 2.45) is 0 Å². The maximum Gasteiger partial charge on any atom is 0.175 e. The molecular formula is C16H15BrFNO2. The van der Waals surface area contributed by atoms with Crippen LogP contribution in [0.15, 0.2) is 34.8 Å². The van der Waals surface area contributed by atoms with E-state index in [1.807, 2.05) is 19.1 Å². The van der Waals surface area contributed by atoms with E-state index in [0.717, 1.165) is 27.1 Å². The standard InChI is InChI=1S/C16H15BrFNO2/c1-10-2-3-13(18)14(6-10)19-9-11-7-12(17)16-15(8-11)20-4-5-21-16/h2-3,6-8,19H,4-5,9H2,1H3. The van der Waals surface area contributed by atoms with E-state index in [4.69, 9.17) is 9.47 Å². The van der Waals surface area contributed by atoms with Gasteiger partial charge in [-0.05, 0) is 58.2 Å². The van der Waals surface area contributed by atoms with Gasteiger partial charge in [0, 0.05) is 6.54 Å². The maximum atomic E-state index is 13.7. The van der Waals surface area contributed by atoms with Crippen LogP contribution in [0.5, 0.6) is 11.5 Å². The number of halogens is 2. The lowest BCUT2D eigenvalue weighted by atomic mass is 10.1. The first-order valence-corrected chi connectivity index (χ1v) is 7.51. The monoisotopic (exact) mass is 351 g/mol. The average molecular weight is 352 g/mol. The van der Waals surface area contributed by atoms with E-state index in [1.165, 1.54) is 6.07 Å². The number of fused-ring (bicyclic) bond motifs is 1. The van der Waals surface area contributed by atoms with Gasteiger partial charge in [0.05, 0.1) is 10.2 Å². The second-order valence-corrected chi connectivity index (χ2v) is 5.79. The molecule has 0 amide bonds. The highest BCUT2D eigenvalue weighted by Crippen LogP contribution is 2.38. The number of hydrogen-bond donors (Lipinski definition) is 1. The van der Waals surface area contributed by atoms with E-state index in [1.54, 1.807) is 12.1 Å². The van der Waals surface area contributed by atoms with Crippen molar-refractivity contribution >= 4 is 21.6 Å². The fourth-order valence-electron chi connectivity index (χ4n) is 2.24. The minimum absolute atomic E-state index is 0.253. The molecule has 0 saturated heterocycles. The molecule has 21 heavy (non-hydrogen) atoms. The summed E-state index contributed by atoms with van der Waals surface area (Å²) >= 11 is 3.48. The molecule has 0 spiro atoms. The zero-order valence-electron chi connectivity index (χ0n) is 11.6. The van der Waals surface area contributed by atoms with Crippen LogP contribution in [0.25, 0.3) is 0 Å². The molecule has 2 aromatic rings. The average Bonchev–Trinajstić information content (AvgIpc) is 2.48.